The standard InChI is InChI=1S/C19H16ClFN2O2S/c20-15-6-2-1-5-14(15)18(24)23(11-13-4-3-9-25-13)19-22-16-8-7-12(21)10-17(16)26-19/h1-2,5-8,10,13H,3-4,9,11H2. The number of halogens is 2. The SMILES string of the molecule is O=C(c1ccccc1Cl)N(CC1CCCO1)c1nc2ccc(F)cc2s1. The van der Waals surface area contributed by atoms with Crippen LogP contribution in [0.25, 0.3) is 10.2 Å². The summed E-state index contributed by atoms with van der Waals surface area (Å²) in [7, 11) is 0. The van der Waals surface area contributed by atoms with Gasteiger partial charge in [-0.1, -0.05) is 35.1 Å². The Kier molecular flexibility index (Phi) is 4.89. The summed E-state index contributed by atoms with van der Waals surface area (Å²) >= 11 is 7.51. The molecule has 7 heteroatoms. The number of benzene rings is 2. The van der Waals surface area contributed by atoms with E-state index < -0.39 is 0 Å². The van der Waals surface area contributed by atoms with Crippen molar-refractivity contribution in [2.24, 2.45) is 0 Å². The maximum absolute atomic E-state index is 13.5. The number of fused-ring (bicyclic) bond motifs is 1. The highest BCUT2D eigenvalue weighted by molar-refractivity contribution is 7.22. The lowest BCUT2D eigenvalue weighted by molar-refractivity contribution is 0.0917. The Morgan fingerprint density at radius 3 is 2.96 bits per heavy atom. The first-order valence-electron chi connectivity index (χ1n) is 8.36. The average Bonchev–Trinajstić information content (AvgIpc) is 3.28. The van der Waals surface area contributed by atoms with Gasteiger partial charge in [0.2, 0.25) is 0 Å². The largest absolute Gasteiger partial charge is 0.376 e. The van der Waals surface area contributed by atoms with E-state index in [4.69, 9.17) is 16.3 Å². The van der Waals surface area contributed by atoms with Crippen LogP contribution in [0.4, 0.5) is 9.52 Å². The van der Waals surface area contributed by atoms with Gasteiger partial charge >= 0.3 is 0 Å². The van der Waals surface area contributed by atoms with Crippen LogP contribution in [0.2, 0.25) is 5.02 Å². The highest BCUT2D eigenvalue weighted by Crippen LogP contribution is 2.32. The third-order valence-electron chi connectivity index (χ3n) is 4.33. The number of hydrogen-bond donors (Lipinski definition) is 0. The summed E-state index contributed by atoms with van der Waals surface area (Å²) in [5.74, 6) is -0.554. The summed E-state index contributed by atoms with van der Waals surface area (Å²) in [6, 6.07) is 11.4. The number of amides is 1. The molecule has 0 radical (unpaired) electrons. The molecule has 4 nitrogen and oxygen atoms in total. The second kappa shape index (κ2) is 7.31. The summed E-state index contributed by atoms with van der Waals surface area (Å²) in [6.45, 7) is 1.09. The van der Waals surface area contributed by atoms with Gasteiger partial charge in [-0.25, -0.2) is 9.37 Å². The van der Waals surface area contributed by atoms with Gasteiger partial charge in [0.05, 0.1) is 33.5 Å². The Bertz CT molecular complexity index is 956. The van der Waals surface area contributed by atoms with Crippen molar-refractivity contribution in [1.29, 1.82) is 0 Å². The van der Waals surface area contributed by atoms with E-state index in [9.17, 15) is 9.18 Å². The van der Waals surface area contributed by atoms with Crippen molar-refractivity contribution >= 4 is 44.2 Å². The lowest BCUT2D eigenvalue weighted by Crippen LogP contribution is -2.37. The molecule has 134 valence electrons. The van der Waals surface area contributed by atoms with Crippen LogP contribution in [-0.4, -0.2) is 30.1 Å². The van der Waals surface area contributed by atoms with Crippen LogP contribution in [0.15, 0.2) is 42.5 Å². The highest BCUT2D eigenvalue weighted by atomic mass is 35.5. The second-order valence-corrected chi connectivity index (χ2v) is 7.56. The first-order valence-corrected chi connectivity index (χ1v) is 9.55. The molecule has 1 aliphatic rings. The van der Waals surface area contributed by atoms with E-state index >= 15 is 0 Å². The summed E-state index contributed by atoms with van der Waals surface area (Å²) in [5, 5.41) is 0.910. The quantitative estimate of drug-likeness (QED) is 0.635. The van der Waals surface area contributed by atoms with E-state index in [1.807, 2.05) is 0 Å². The van der Waals surface area contributed by atoms with Gasteiger partial charge in [-0.3, -0.25) is 9.69 Å². The highest BCUT2D eigenvalue weighted by Gasteiger charge is 2.28. The van der Waals surface area contributed by atoms with Crippen molar-refractivity contribution in [2.75, 3.05) is 18.1 Å². The lowest BCUT2D eigenvalue weighted by Gasteiger charge is -2.23. The maximum atomic E-state index is 13.5. The maximum Gasteiger partial charge on any atom is 0.261 e. The summed E-state index contributed by atoms with van der Waals surface area (Å²) in [5.41, 5.74) is 1.08. The molecule has 26 heavy (non-hydrogen) atoms. The smallest absolute Gasteiger partial charge is 0.261 e. The first-order chi connectivity index (χ1) is 12.6. The fraction of sp³-hybridized carbons (Fsp3) is 0.263. The lowest BCUT2D eigenvalue weighted by atomic mass is 10.1. The molecule has 1 aromatic heterocycles. The van der Waals surface area contributed by atoms with E-state index in [1.54, 1.807) is 35.2 Å². The molecule has 0 N–H and O–H groups in total. The van der Waals surface area contributed by atoms with E-state index in [1.165, 1.54) is 23.5 Å². The Morgan fingerprint density at radius 2 is 2.19 bits per heavy atom. The van der Waals surface area contributed by atoms with E-state index in [2.05, 4.69) is 4.98 Å². The van der Waals surface area contributed by atoms with Crippen LogP contribution >= 0.6 is 22.9 Å². The first kappa shape index (κ1) is 17.4. The number of carbonyl (C=O) groups is 1. The number of hydrogen-bond acceptors (Lipinski definition) is 4. The molecule has 0 aliphatic carbocycles. The molecular weight excluding hydrogens is 375 g/mol. The fourth-order valence-corrected chi connectivity index (χ4v) is 4.24. The molecule has 1 atom stereocenters. The molecule has 2 heterocycles. The van der Waals surface area contributed by atoms with Crippen molar-refractivity contribution in [3.05, 3.63) is 58.9 Å². The van der Waals surface area contributed by atoms with E-state index in [0.717, 1.165) is 12.8 Å². The minimum Gasteiger partial charge on any atom is -0.376 e. The van der Waals surface area contributed by atoms with Gasteiger partial charge in [-0.2, -0.15) is 0 Å². The number of thiazole rings is 1. The Morgan fingerprint density at radius 1 is 1.35 bits per heavy atom. The molecule has 1 fully saturated rings. The van der Waals surface area contributed by atoms with Gasteiger partial charge in [0.25, 0.3) is 5.91 Å². The number of nitrogens with zero attached hydrogens (tertiary/aromatic N) is 2. The third kappa shape index (κ3) is 3.45. The fourth-order valence-electron chi connectivity index (χ4n) is 3.02. The van der Waals surface area contributed by atoms with Crippen molar-refractivity contribution in [3.63, 3.8) is 0 Å². The zero-order chi connectivity index (χ0) is 18.1. The van der Waals surface area contributed by atoms with Crippen molar-refractivity contribution < 1.29 is 13.9 Å². The van der Waals surface area contributed by atoms with Gasteiger partial charge in [-0.15, -0.1) is 0 Å². The predicted octanol–water partition coefficient (Wildman–Crippen LogP) is 4.91. The number of rotatable bonds is 4. The minimum atomic E-state index is -0.323. The molecule has 1 saturated heterocycles. The molecule has 0 saturated carbocycles. The topological polar surface area (TPSA) is 42.4 Å². The van der Waals surface area contributed by atoms with Crippen LogP contribution in [-0.2, 0) is 4.74 Å². The normalized spacial score (nSPS) is 16.9. The Labute approximate surface area is 159 Å². The van der Waals surface area contributed by atoms with Crippen LogP contribution in [0.5, 0.6) is 0 Å². The van der Waals surface area contributed by atoms with Gasteiger partial charge in [0, 0.05) is 6.61 Å². The molecular formula is C19H16ClFN2O2S. The molecule has 1 amide bonds. The molecule has 3 aromatic rings. The number of carbonyl (C=O) groups excluding carboxylic acids is 1. The van der Waals surface area contributed by atoms with E-state index in [0.29, 0.717) is 39.1 Å². The van der Waals surface area contributed by atoms with Crippen molar-refractivity contribution in [1.82, 2.24) is 4.98 Å². The molecule has 1 aliphatic heterocycles. The van der Waals surface area contributed by atoms with Crippen molar-refractivity contribution in [2.45, 2.75) is 18.9 Å². The van der Waals surface area contributed by atoms with Gasteiger partial charge < -0.3 is 4.74 Å². The van der Waals surface area contributed by atoms with Crippen molar-refractivity contribution in [3.8, 4) is 0 Å². The Balaban J connectivity index is 1.73. The van der Waals surface area contributed by atoms with Crippen LogP contribution in [0.3, 0.4) is 0 Å². The average molecular weight is 391 g/mol. The summed E-state index contributed by atoms with van der Waals surface area (Å²) < 4.78 is 19.9. The van der Waals surface area contributed by atoms with Gasteiger partial charge in [-0.05, 0) is 43.2 Å². The third-order valence-corrected chi connectivity index (χ3v) is 5.70. The Hall–Kier alpha value is -2.02. The minimum absolute atomic E-state index is 0.0369. The zero-order valence-electron chi connectivity index (χ0n) is 13.8. The summed E-state index contributed by atoms with van der Waals surface area (Å²) in [6.07, 6.45) is 1.83. The van der Waals surface area contributed by atoms with Gasteiger partial charge in [0.1, 0.15) is 5.82 Å². The molecule has 0 spiro atoms. The van der Waals surface area contributed by atoms with Crippen LogP contribution < -0.4 is 4.90 Å². The number of ether oxygens (including phenoxy) is 1. The summed E-state index contributed by atoms with van der Waals surface area (Å²) in [4.78, 5) is 19.3. The predicted molar refractivity (Wildman–Crippen MR) is 102 cm³/mol. The number of aromatic nitrogens is 1. The number of anilines is 1. The molecule has 2 aromatic carbocycles. The van der Waals surface area contributed by atoms with Crippen LogP contribution in [0.1, 0.15) is 23.2 Å². The van der Waals surface area contributed by atoms with Gasteiger partial charge in [0.15, 0.2) is 5.13 Å². The monoisotopic (exact) mass is 390 g/mol. The molecule has 0 bridgehead atoms. The van der Waals surface area contributed by atoms with E-state index in [-0.39, 0.29) is 17.8 Å². The second-order valence-electron chi connectivity index (χ2n) is 6.14. The molecule has 4 rings (SSSR count). The molecule has 1 unspecified atom stereocenters. The zero-order valence-corrected chi connectivity index (χ0v) is 15.4. The van der Waals surface area contributed by atoms with Crippen LogP contribution in [0, 0.1) is 5.82 Å².